The van der Waals surface area contributed by atoms with Crippen molar-refractivity contribution in [3.63, 3.8) is 0 Å². The average molecular weight is 597 g/mol. The first-order chi connectivity index (χ1) is 21.3. The molecule has 0 aliphatic carbocycles. The van der Waals surface area contributed by atoms with Crippen LogP contribution in [-0.4, -0.2) is 46.7 Å². The van der Waals surface area contributed by atoms with Gasteiger partial charge in [0.25, 0.3) is 0 Å². The Hall–Kier alpha value is -4.08. The molecule has 0 unspecified atom stereocenters. The molecule has 0 saturated carbocycles. The summed E-state index contributed by atoms with van der Waals surface area (Å²) in [5.41, 5.74) is 4.90. The summed E-state index contributed by atoms with van der Waals surface area (Å²) in [5.74, 6) is -1.29. The quantitative estimate of drug-likeness (QED) is 0.183. The van der Waals surface area contributed by atoms with Gasteiger partial charge in [-0.15, -0.1) is 0 Å². The molecule has 8 nitrogen and oxygen atoms in total. The number of aliphatic hydroxyl groups is 1. The molecule has 0 spiro atoms. The summed E-state index contributed by atoms with van der Waals surface area (Å²) in [7, 11) is 2.12. The third-order valence-electron chi connectivity index (χ3n) is 8.33. The standard InChI is InChI=1S/C36H40N2O6/c1-24(30-16-15-27-5-3-4-6-31(27)19-30)38(2)22-32-20-33(28-11-9-26(23-39)10-12-28)44-36(43-32)29-13-7-25(8-14-29)21-37-34(40)17-18-35(41)42/h3-16,19,24,32-33,36,39H,17-18,20-23H2,1-2H3,(H,37,40)(H,41,42)/t24-,32+,33-,36-/m1/s1. The molecule has 44 heavy (non-hydrogen) atoms. The number of nitrogens with one attached hydrogen (secondary N) is 1. The Morgan fingerprint density at radius 2 is 1.57 bits per heavy atom. The van der Waals surface area contributed by atoms with E-state index in [-0.39, 0.29) is 43.6 Å². The van der Waals surface area contributed by atoms with Gasteiger partial charge in [-0.3, -0.25) is 14.5 Å². The molecule has 4 atom stereocenters. The van der Waals surface area contributed by atoms with Crippen molar-refractivity contribution in [1.29, 1.82) is 0 Å². The lowest BCUT2D eigenvalue weighted by atomic mass is 9.98. The van der Waals surface area contributed by atoms with Crippen molar-refractivity contribution < 1.29 is 29.3 Å². The number of aliphatic hydroxyl groups excluding tert-OH is 1. The topological polar surface area (TPSA) is 108 Å². The van der Waals surface area contributed by atoms with E-state index in [1.807, 2.05) is 48.5 Å². The van der Waals surface area contributed by atoms with Gasteiger partial charge in [0.15, 0.2) is 6.29 Å². The van der Waals surface area contributed by atoms with Crippen LogP contribution in [0.15, 0.2) is 91.0 Å². The first-order valence-corrected chi connectivity index (χ1v) is 15.1. The lowest BCUT2D eigenvalue weighted by Gasteiger charge is -2.39. The zero-order chi connectivity index (χ0) is 31.1. The van der Waals surface area contributed by atoms with Crippen molar-refractivity contribution in [2.24, 2.45) is 0 Å². The zero-order valence-corrected chi connectivity index (χ0v) is 25.2. The van der Waals surface area contributed by atoms with Gasteiger partial charge in [0.05, 0.1) is 25.2 Å². The maximum Gasteiger partial charge on any atom is 0.303 e. The molecule has 0 aromatic heterocycles. The van der Waals surface area contributed by atoms with Crippen LogP contribution in [0.3, 0.4) is 0 Å². The number of hydrogen-bond donors (Lipinski definition) is 3. The van der Waals surface area contributed by atoms with Crippen LogP contribution in [-0.2, 0) is 32.2 Å². The highest BCUT2D eigenvalue weighted by Gasteiger charge is 2.33. The van der Waals surface area contributed by atoms with Gasteiger partial charge < -0.3 is 25.0 Å². The minimum Gasteiger partial charge on any atom is -0.481 e. The molecule has 5 rings (SSSR count). The molecule has 230 valence electrons. The number of carbonyl (C=O) groups is 2. The zero-order valence-electron chi connectivity index (χ0n) is 25.2. The van der Waals surface area contributed by atoms with E-state index in [2.05, 4.69) is 66.7 Å². The first kappa shape index (κ1) is 31.3. The fraction of sp³-hybridized carbons (Fsp3) is 0.333. The van der Waals surface area contributed by atoms with E-state index in [0.717, 1.165) is 22.3 Å². The maximum atomic E-state index is 11.9. The molecule has 1 amide bonds. The van der Waals surface area contributed by atoms with E-state index in [1.165, 1.54) is 16.3 Å². The number of carboxylic acid groups (broad SMARTS) is 1. The summed E-state index contributed by atoms with van der Waals surface area (Å²) in [6.45, 7) is 3.22. The normalized spacial score (nSPS) is 19.1. The molecule has 4 aromatic rings. The minimum absolute atomic E-state index is 0.00994. The van der Waals surface area contributed by atoms with E-state index in [0.29, 0.717) is 19.5 Å². The molecule has 3 N–H and O–H groups in total. The number of ether oxygens (including phenoxy) is 2. The van der Waals surface area contributed by atoms with Crippen LogP contribution in [0.4, 0.5) is 0 Å². The Kier molecular flexibility index (Phi) is 10.4. The highest BCUT2D eigenvalue weighted by Crippen LogP contribution is 2.38. The van der Waals surface area contributed by atoms with E-state index < -0.39 is 12.3 Å². The lowest BCUT2D eigenvalue weighted by molar-refractivity contribution is -0.253. The summed E-state index contributed by atoms with van der Waals surface area (Å²) < 4.78 is 13.1. The third-order valence-corrected chi connectivity index (χ3v) is 8.33. The Morgan fingerprint density at radius 1 is 0.886 bits per heavy atom. The summed E-state index contributed by atoms with van der Waals surface area (Å²) in [6.07, 6.45) is -0.430. The van der Waals surface area contributed by atoms with Crippen molar-refractivity contribution in [3.05, 3.63) is 119 Å². The molecule has 8 heteroatoms. The molecule has 1 saturated heterocycles. The number of nitrogens with zero attached hydrogens (tertiary/aromatic N) is 1. The predicted octanol–water partition coefficient (Wildman–Crippen LogP) is 6.05. The summed E-state index contributed by atoms with van der Waals surface area (Å²) in [4.78, 5) is 25.0. The fourth-order valence-electron chi connectivity index (χ4n) is 5.54. The molecule has 1 aliphatic rings. The van der Waals surface area contributed by atoms with Crippen molar-refractivity contribution >= 4 is 22.6 Å². The van der Waals surface area contributed by atoms with Crippen molar-refractivity contribution in [2.45, 2.75) is 63.9 Å². The van der Waals surface area contributed by atoms with Gasteiger partial charge in [-0.05, 0) is 53.1 Å². The van der Waals surface area contributed by atoms with Gasteiger partial charge in [-0.2, -0.15) is 0 Å². The SMILES string of the molecule is C[C@H](c1ccc2ccccc2c1)N(C)C[C@@H]1C[C@H](c2ccc(CO)cc2)O[C@H](c2ccc(CNC(=O)CCC(=O)O)cc2)O1. The summed E-state index contributed by atoms with van der Waals surface area (Å²) in [6, 6.07) is 30.8. The highest BCUT2D eigenvalue weighted by molar-refractivity contribution is 5.83. The Balaban J connectivity index is 1.29. The van der Waals surface area contributed by atoms with Gasteiger partial charge in [-0.25, -0.2) is 0 Å². The van der Waals surface area contributed by atoms with E-state index in [1.54, 1.807) is 0 Å². The maximum absolute atomic E-state index is 11.9. The monoisotopic (exact) mass is 596 g/mol. The van der Waals surface area contributed by atoms with Crippen LogP contribution in [0.5, 0.6) is 0 Å². The van der Waals surface area contributed by atoms with Crippen LogP contribution < -0.4 is 5.32 Å². The van der Waals surface area contributed by atoms with Crippen LogP contribution in [0, 0.1) is 0 Å². The smallest absolute Gasteiger partial charge is 0.303 e. The number of carbonyl (C=O) groups excluding carboxylic acids is 1. The number of hydrogen-bond acceptors (Lipinski definition) is 6. The number of benzene rings is 4. The summed E-state index contributed by atoms with van der Waals surface area (Å²) in [5, 5.41) is 23.5. The average Bonchev–Trinajstić information content (AvgIpc) is 3.05. The van der Waals surface area contributed by atoms with Crippen LogP contribution in [0.1, 0.15) is 72.4 Å². The number of fused-ring (bicyclic) bond motifs is 1. The van der Waals surface area contributed by atoms with Gasteiger partial charge in [-0.1, -0.05) is 84.9 Å². The number of likely N-dealkylation sites (N-methyl/N-ethyl adjacent to an activating group) is 1. The van der Waals surface area contributed by atoms with Crippen molar-refractivity contribution in [2.75, 3.05) is 13.6 Å². The second-order valence-electron chi connectivity index (χ2n) is 11.5. The number of amides is 1. The highest BCUT2D eigenvalue weighted by atomic mass is 16.7. The van der Waals surface area contributed by atoms with Crippen LogP contribution in [0.25, 0.3) is 10.8 Å². The molecule has 1 heterocycles. The van der Waals surface area contributed by atoms with Gasteiger partial charge >= 0.3 is 5.97 Å². The third kappa shape index (κ3) is 8.09. The predicted molar refractivity (Wildman–Crippen MR) is 169 cm³/mol. The van der Waals surface area contributed by atoms with Crippen molar-refractivity contribution in [1.82, 2.24) is 10.2 Å². The van der Waals surface area contributed by atoms with Gasteiger partial charge in [0.1, 0.15) is 0 Å². The Morgan fingerprint density at radius 3 is 2.27 bits per heavy atom. The number of rotatable bonds is 12. The second-order valence-corrected chi connectivity index (χ2v) is 11.5. The molecule has 1 fully saturated rings. The second kappa shape index (κ2) is 14.6. The number of aliphatic carboxylic acids is 1. The molecule has 1 aliphatic heterocycles. The van der Waals surface area contributed by atoms with E-state index in [9.17, 15) is 14.7 Å². The number of carboxylic acids is 1. The van der Waals surface area contributed by atoms with E-state index >= 15 is 0 Å². The van der Waals surface area contributed by atoms with Crippen LogP contribution in [0.2, 0.25) is 0 Å². The Labute approximate surface area is 258 Å². The molecule has 0 bridgehead atoms. The fourth-order valence-corrected chi connectivity index (χ4v) is 5.54. The van der Waals surface area contributed by atoms with E-state index in [4.69, 9.17) is 14.6 Å². The molecule has 4 aromatic carbocycles. The molecular weight excluding hydrogens is 556 g/mol. The largest absolute Gasteiger partial charge is 0.481 e. The minimum atomic E-state index is -0.993. The molecule has 0 radical (unpaired) electrons. The van der Waals surface area contributed by atoms with Crippen molar-refractivity contribution in [3.8, 4) is 0 Å². The summed E-state index contributed by atoms with van der Waals surface area (Å²) >= 11 is 0. The lowest BCUT2D eigenvalue weighted by Crippen LogP contribution is -2.38. The first-order valence-electron chi connectivity index (χ1n) is 15.1. The Bertz CT molecular complexity index is 1560. The van der Waals surface area contributed by atoms with Gasteiger partial charge in [0.2, 0.25) is 5.91 Å². The van der Waals surface area contributed by atoms with Crippen LogP contribution >= 0.6 is 0 Å². The van der Waals surface area contributed by atoms with Gasteiger partial charge in [0, 0.05) is 37.5 Å². The molecular formula is C36H40N2O6.